The predicted octanol–water partition coefficient (Wildman–Crippen LogP) is 1.58. The number of amides is 4. The highest BCUT2D eigenvalue weighted by Crippen LogP contribution is 2.36. The van der Waals surface area contributed by atoms with Gasteiger partial charge in [-0.3, -0.25) is 20.2 Å². The molecule has 0 bridgehead atoms. The lowest BCUT2D eigenvalue weighted by Crippen LogP contribution is -2.64. The third-order valence-electron chi connectivity index (χ3n) is 3.65. The first-order valence-corrected chi connectivity index (χ1v) is 6.15. The zero-order chi connectivity index (χ0) is 13.1. The highest BCUT2D eigenvalue weighted by atomic mass is 16.2. The molecule has 1 atom stereocenters. The summed E-state index contributed by atoms with van der Waals surface area (Å²) in [5, 5.41) is 4.40. The minimum atomic E-state index is -1.09. The summed E-state index contributed by atoms with van der Waals surface area (Å²) < 4.78 is 0. The Kier molecular flexibility index (Phi) is 4.26. The van der Waals surface area contributed by atoms with Crippen molar-refractivity contribution in [3.05, 3.63) is 0 Å². The normalized spacial score (nSPS) is 20.8. The molecule has 1 fully saturated rings. The molecule has 0 aliphatic carbocycles. The van der Waals surface area contributed by atoms with Crippen molar-refractivity contribution in [1.29, 1.82) is 0 Å². The summed E-state index contributed by atoms with van der Waals surface area (Å²) in [5.41, 5.74) is -1.09. The molecular formula is C12H20N2O3. The summed E-state index contributed by atoms with van der Waals surface area (Å²) in [7, 11) is 0. The number of hydrogen-bond donors (Lipinski definition) is 2. The minimum Gasteiger partial charge on any atom is -0.277 e. The molecular weight excluding hydrogens is 220 g/mol. The second-order valence-electron chi connectivity index (χ2n) is 4.61. The van der Waals surface area contributed by atoms with Gasteiger partial charge >= 0.3 is 6.03 Å². The van der Waals surface area contributed by atoms with Crippen LogP contribution in [0.3, 0.4) is 0 Å². The molecule has 5 heteroatoms. The monoisotopic (exact) mass is 240 g/mol. The summed E-state index contributed by atoms with van der Waals surface area (Å²) in [6.07, 6.45) is 3.20. The highest BCUT2D eigenvalue weighted by molar-refractivity contribution is 6.19. The Labute approximate surface area is 101 Å². The summed E-state index contributed by atoms with van der Waals surface area (Å²) in [6.45, 7) is 5.77. The third-order valence-corrected chi connectivity index (χ3v) is 3.65. The topological polar surface area (TPSA) is 75.3 Å². The van der Waals surface area contributed by atoms with E-state index in [1.54, 1.807) is 6.92 Å². The minimum absolute atomic E-state index is 0.0689. The fourth-order valence-corrected chi connectivity index (χ4v) is 2.44. The van der Waals surface area contributed by atoms with Crippen molar-refractivity contribution >= 4 is 17.8 Å². The Morgan fingerprint density at radius 3 is 2.06 bits per heavy atom. The van der Waals surface area contributed by atoms with Gasteiger partial charge in [-0.1, -0.05) is 33.6 Å². The largest absolute Gasteiger partial charge is 0.328 e. The van der Waals surface area contributed by atoms with Crippen LogP contribution in [0.2, 0.25) is 0 Å². The Hall–Kier alpha value is -1.39. The number of unbranched alkanes of at least 4 members (excludes halogenated alkanes) is 1. The number of barbiturate groups is 1. The summed E-state index contributed by atoms with van der Waals surface area (Å²) in [4.78, 5) is 35.0. The maximum atomic E-state index is 12.0. The Morgan fingerprint density at radius 2 is 1.65 bits per heavy atom. The van der Waals surface area contributed by atoms with Crippen LogP contribution in [0.25, 0.3) is 0 Å². The van der Waals surface area contributed by atoms with Gasteiger partial charge in [-0.15, -0.1) is 0 Å². The molecule has 4 amide bonds. The lowest BCUT2D eigenvalue weighted by Gasteiger charge is -2.37. The van der Waals surface area contributed by atoms with Gasteiger partial charge in [0.1, 0.15) is 5.41 Å². The number of rotatable bonds is 5. The van der Waals surface area contributed by atoms with E-state index in [4.69, 9.17) is 0 Å². The quantitative estimate of drug-likeness (QED) is 0.716. The van der Waals surface area contributed by atoms with E-state index in [1.165, 1.54) is 0 Å². The van der Waals surface area contributed by atoms with Gasteiger partial charge in [-0.25, -0.2) is 4.79 Å². The van der Waals surface area contributed by atoms with Crippen LogP contribution in [0.4, 0.5) is 4.79 Å². The number of hydrogen-bond acceptors (Lipinski definition) is 3. The molecule has 1 saturated heterocycles. The van der Waals surface area contributed by atoms with E-state index in [1.807, 2.05) is 6.92 Å². The number of carbonyl (C=O) groups excluding carboxylic acids is 3. The fourth-order valence-electron chi connectivity index (χ4n) is 2.44. The average molecular weight is 240 g/mol. The van der Waals surface area contributed by atoms with E-state index in [9.17, 15) is 14.4 Å². The van der Waals surface area contributed by atoms with E-state index in [2.05, 4.69) is 17.6 Å². The molecule has 0 saturated carbocycles. The van der Waals surface area contributed by atoms with Crippen molar-refractivity contribution in [3.8, 4) is 0 Å². The van der Waals surface area contributed by atoms with Crippen molar-refractivity contribution < 1.29 is 14.4 Å². The maximum absolute atomic E-state index is 12.0. The highest BCUT2D eigenvalue weighted by Gasteiger charge is 2.52. The molecule has 0 aromatic heterocycles. The summed E-state index contributed by atoms with van der Waals surface area (Å²) in [6, 6.07) is -0.716. The summed E-state index contributed by atoms with van der Waals surface area (Å²) in [5.74, 6) is -0.991. The van der Waals surface area contributed by atoms with Crippen LogP contribution < -0.4 is 10.6 Å². The molecule has 1 aliphatic heterocycles. The molecule has 5 nitrogen and oxygen atoms in total. The zero-order valence-electron chi connectivity index (χ0n) is 10.6. The lowest BCUT2D eigenvalue weighted by molar-refractivity contribution is -0.148. The van der Waals surface area contributed by atoms with Crippen LogP contribution in [-0.4, -0.2) is 17.8 Å². The van der Waals surface area contributed by atoms with Crippen molar-refractivity contribution in [2.75, 3.05) is 0 Å². The van der Waals surface area contributed by atoms with Gasteiger partial charge in [0, 0.05) is 0 Å². The first kappa shape index (κ1) is 13.7. The molecule has 1 rings (SSSR count). The van der Waals surface area contributed by atoms with Crippen molar-refractivity contribution in [1.82, 2.24) is 10.6 Å². The van der Waals surface area contributed by atoms with Gasteiger partial charge in [-0.2, -0.15) is 0 Å². The number of imide groups is 2. The SMILES string of the molecule is CCCCC(C)C1(CC)C(=O)NC(=O)NC1=O. The van der Waals surface area contributed by atoms with Crippen LogP contribution in [0, 0.1) is 11.3 Å². The molecule has 0 aromatic carbocycles. The fraction of sp³-hybridized carbons (Fsp3) is 0.750. The predicted molar refractivity (Wildman–Crippen MR) is 63.1 cm³/mol. The van der Waals surface area contributed by atoms with Crippen LogP contribution in [-0.2, 0) is 9.59 Å². The van der Waals surface area contributed by atoms with Crippen LogP contribution in [0.15, 0.2) is 0 Å². The van der Waals surface area contributed by atoms with Crippen LogP contribution in [0.1, 0.15) is 46.5 Å². The van der Waals surface area contributed by atoms with Gasteiger partial charge in [-0.05, 0) is 18.8 Å². The zero-order valence-corrected chi connectivity index (χ0v) is 10.6. The van der Waals surface area contributed by atoms with Crippen LogP contribution in [0.5, 0.6) is 0 Å². The molecule has 2 N–H and O–H groups in total. The van der Waals surface area contributed by atoms with E-state index in [-0.39, 0.29) is 5.92 Å². The molecule has 17 heavy (non-hydrogen) atoms. The first-order valence-electron chi connectivity index (χ1n) is 6.15. The molecule has 0 aromatic rings. The maximum Gasteiger partial charge on any atom is 0.328 e. The molecule has 1 aliphatic rings. The van der Waals surface area contributed by atoms with E-state index >= 15 is 0 Å². The van der Waals surface area contributed by atoms with E-state index in [0.717, 1.165) is 19.3 Å². The van der Waals surface area contributed by atoms with Gasteiger partial charge in [0.2, 0.25) is 11.8 Å². The molecule has 0 spiro atoms. The number of carbonyl (C=O) groups is 3. The second-order valence-corrected chi connectivity index (χ2v) is 4.61. The lowest BCUT2D eigenvalue weighted by atomic mass is 9.69. The Balaban J connectivity index is 2.96. The number of urea groups is 1. The molecule has 1 heterocycles. The molecule has 0 radical (unpaired) electrons. The average Bonchev–Trinajstić information content (AvgIpc) is 2.26. The molecule has 96 valence electrons. The Bertz CT molecular complexity index is 319. The third kappa shape index (κ3) is 2.33. The second kappa shape index (κ2) is 5.29. The summed E-state index contributed by atoms with van der Waals surface area (Å²) >= 11 is 0. The smallest absolute Gasteiger partial charge is 0.277 e. The van der Waals surface area contributed by atoms with Crippen LogP contribution >= 0.6 is 0 Å². The van der Waals surface area contributed by atoms with Crippen molar-refractivity contribution in [2.45, 2.75) is 46.5 Å². The van der Waals surface area contributed by atoms with Crippen molar-refractivity contribution in [3.63, 3.8) is 0 Å². The van der Waals surface area contributed by atoms with Gasteiger partial charge in [0.25, 0.3) is 0 Å². The Morgan fingerprint density at radius 1 is 1.12 bits per heavy atom. The van der Waals surface area contributed by atoms with Crippen molar-refractivity contribution in [2.24, 2.45) is 11.3 Å². The van der Waals surface area contributed by atoms with E-state index in [0.29, 0.717) is 6.42 Å². The molecule has 1 unspecified atom stereocenters. The number of nitrogens with one attached hydrogen (secondary N) is 2. The standard InChI is InChI=1S/C12H20N2O3/c1-4-6-7-8(3)12(5-2)9(15)13-11(17)14-10(12)16/h8H,4-7H2,1-3H3,(H2,13,14,15,16,17). The van der Waals surface area contributed by atoms with E-state index < -0.39 is 23.3 Å². The van der Waals surface area contributed by atoms with Gasteiger partial charge in [0.15, 0.2) is 0 Å². The first-order chi connectivity index (χ1) is 7.98. The van der Waals surface area contributed by atoms with Gasteiger partial charge in [0.05, 0.1) is 0 Å². The van der Waals surface area contributed by atoms with Gasteiger partial charge < -0.3 is 0 Å².